The molecule has 0 fully saturated rings. The summed E-state index contributed by atoms with van der Waals surface area (Å²) in [7, 11) is 0. The molecule has 0 aliphatic carbocycles. The summed E-state index contributed by atoms with van der Waals surface area (Å²) in [5, 5.41) is 3.33. The van der Waals surface area contributed by atoms with Crippen LogP contribution >= 0.6 is 0 Å². The minimum Gasteiger partial charge on any atom is -0.441 e. The van der Waals surface area contributed by atoms with Gasteiger partial charge < -0.3 is 15.5 Å². The monoisotopic (exact) mass is 233 g/mol. The largest absolute Gasteiger partial charge is 0.441 e. The van der Waals surface area contributed by atoms with Crippen molar-refractivity contribution >= 4 is 16.8 Å². The van der Waals surface area contributed by atoms with E-state index in [1.807, 2.05) is 39.0 Å². The van der Waals surface area contributed by atoms with Crippen LogP contribution in [0.5, 0.6) is 0 Å². The molecule has 92 valence electrons. The van der Waals surface area contributed by atoms with Crippen LogP contribution in [-0.2, 0) is 0 Å². The molecule has 17 heavy (non-hydrogen) atoms. The summed E-state index contributed by atoms with van der Waals surface area (Å²) < 4.78 is 5.48. The highest BCUT2D eigenvalue weighted by atomic mass is 16.3. The third kappa shape index (κ3) is 3.20. The minimum absolute atomic E-state index is 0.139. The van der Waals surface area contributed by atoms with Crippen molar-refractivity contribution in [2.75, 3.05) is 11.9 Å². The second kappa shape index (κ2) is 4.37. The predicted molar refractivity (Wildman–Crippen MR) is 70.1 cm³/mol. The van der Waals surface area contributed by atoms with E-state index in [9.17, 15) is 0 Å². The van der Waals surface area contributed by atoms with Gasteiger partial charge in [0.1, 0.15) is 5.52 Å². The van der Waals surface area contributed by atoms with E-state index >= 15 is 0 Å². The Hall–Kier alpha value is -1.55. The minimum atomic E-state index is -0.139. The third-order valence-electron chi connectivity index (χ3n) is 2.59. The highest BCUT2D eigenvalue weighted by molar-refractivity contribution is 5.77. The predicted octanol–water partition coefficient (Wildman–Crippen LogP) is 2.68. The van der Waals surface area contributed by atoms with E-state index in [-0.39, 0.29) is 5.54 Å². The van der Waals surface area contributed by atoms with Gasteiger partial charge in [-0.25, -0.2) is 4.98 Å². The summed E-state index contributed by atoms with van der Waals surface area (Å²) in [6.45, 7) is 6.75. The maximum Gasteiger partial charge on any atom is 0.192 e. The van der Waals surface area contributed by atoms with Crippen molar-refractivity contribution in [3.8, 4) is 0 Å². The Kier molecular flexibility index (Phi) is 3.07. The molecule has 0 amide bonds. The van der Waals surface area contributed by atoms with Crippen LogP contribution in [0.3, 0.4) is 0 Å². The smallest absolute Gasteiger partial charge is 0.192 e. The molecule has 2 rings (SSSR count). The fourth-order valence-corrected chi connectivity index (χ4v) is 1.68. The van der Waals surface area contributed by atoms with Crippen molar-refractivity contribution in [3.63, 3.8) is 0 Å². The number of fused-ring (bicyclic) bond motifs is 1. The molecule has 0 bridgehead atoms. The van der Waals surface area contributed by atoms with Crippen molar-refractivity contribution < 1.29 is 4.42 Å². The number of benzene rings is 1. The number of aryl methyl sites for hydroxylation is 1. The van der Waals surface area contributed by atoms with Crippen LogP contribution in [0.2, 0.25) is 0 Å². The van der Waals surface area contributed by atoms with Crippen LogP contribution in [-0.4, -0.2) is 17.1 Å². The first kappa shape index (κ1) is 11.9. The quantitative estimate of drug-likeness (QED) is 0.852. The Balaban J connectivity index is 2.04. The van der Waals surface area contributed by atoms with Crippen molar-refractivity contribution in [2.45, 2.75) is 32.7 Å². The zero-order chi connectivity index (χ0) is 12.5. The van der Waals surface area contributed by atoms with Gasteiger partial charge in [0.2, 0.25) is 0 Å². The van der Waals surface area contributed by atoms with Crippen LogP contribution in [0.25, 0.3) is 11.1 Å². The molecule has 1 aromatic heterocycles. The van der Waals surface area contributed by atoms with E-state index in [0.717, 1.165) is 29.8 Å². The molecule has 4 heteroatoms. The fourth-order valence-electron chi connectivity index (χ4n) is 1.68. The molecule has 1 aromatic carbocycles. The van der Waals surface area contributed by atoms with E-state index in [1.165, 1.54) is 0 Å². The molecular formula is C13H19N3O. The molecule has 2 aromatic rings. The number of aromatic nitrogens is 1. The van der Waals surface area contributed by atoms with Crippen LogP contribution in [0.4, 0.5) is 5.69 Å². The molecule has 1 heterocycles. The van der Waals surface area contributed by atoms with E-state index in [0.29, 0.717) is 5.89 Å². The molecule has 0 spiro atoms. The molecule has 3 N–H and O–H groups in total. The number of hydrogen-bond acceptors (Lipinski definition) is 4. The molecular weight excluding hydrogens is 214 g/mol. The van der Waals surface area contributed by atoms with Gasteiger partial charge in [-0.15, -0.1) is 0 Å². The van der Waals surface area contributed by atoms with Gasteiger partial charge in [0.15, 0.2) is 11.5 Å². The molecule has 0 aliphatic rings. The summed E-state index contributed by atoms with van der Waals surface area (Å²) in [5.41, 5.74) is 8.54. The maximum absolute atomic E-state index is 5.92. The zero-order valence-electron chi connectivity index (χ0n) is 10.6. The van der Waals surface area contributed by atoms with Gasteiger partial charge in [0, 0.05) is 30.8 Å². The van der Waals surface area contributed by atoms with E-state index in [1.54, 1.807) is 0 Å². The van der Waals surface area contributed by atoms with Crippen molar-refractivity contribution in [3.05, 3.63) is 24.1 Å². The normalized spacial score (nSPS) is 12.0. The topological polar surface area (TPSA) is 64.1 Å². The zero-order valence-corrected chi connectivity index (χ0v) is 10.6. The number of nitrogens with one attached hydrogen (secondary N) is 1. The lowest BCUT2D eigenvalue weighted by Crippen LogP contribution is -2.34. The first-order chi connectivity index (χ1) is 7.94. The number of nitrogens with zero attached hydrogens (tertiary/aromatic N) is 1. The molecule has 0 saturated carbocycles. The van der Waals surface area contributed by atoms with E-state index in [4.69, 9.17) is 10.2 Å². The summed E-state index contributed by atoms with van der Waals surface area (Å²) in [4.78, 5) is 4.26. The molecule has 0 radical (unpaired) electrons. The van der Waals surface area contributed by atoms with Crippen molar-refractivity contribution in [2.24, 2.45) is 5.73 Å². The molecule has 4 nitrogen and oxygen atoms in total. The van der Waals surface area contributed by atoms with Gasteiger partial charge in [-0.2, -0.15) is 0 Å². The summed E-state index contributed by atoms with van der Waals surface area (Å²) in [6, 6.07) is 5.94. The van der Waals surface area contributed by atoms with Gasteiger partial charge in [-0.05, 0) is 32.4 Å². The summed E-state index contributed by atoms with van der Waals surface area (Å²) in [6.07, 6.45) is 0.917. The van der Waals surface area contributed by atoms with E-state index < -0.39 is 0 Å². The second-order valence-corrected chi connectivity index (χ2v) is 5.08. The van der Waals surface area contributed by atoms with Gasteiger partial charge in [-0.3, -0.25) is 0 Å². The Morgan fingerprint density at radius 3 is 2.88 bits per heavy atom. The average Bonchev–Trinajstić information content (AvgIpc) is 2.55. The highest BCUT2D eigenvalue weighted by Gasteiger charge is 2.09. The standard InChI is InChI=1S/C13H19N3O/c1-9-16-11-5-4-10(8-12(11)17-9)15-7-6-13(2,3)14/h4-5,8,15H,6-7,14H2,1-3H3. The number of nitrogens with two attached hydrogens (primary N) is 1. The summed E-state index contributed by atoms with van der Waals surface area (Å²) >= 11 is 0. The lowest BCUT2D eigenvalue weighted by molar-refractivity contribution is 0.491. The average molecular weight is 233 g/mol. The lowest BCUT2D eigenvalue weighted by Gasteiger charge is -2.18. The Bertz CT molecular complexity index is 511. The van der Waals surface area contributed by atoms with Crippen molar-refractivity contribution in [1.29, 1.82) is 0 Å². The Morgan fingerprint density at radius 1 is 1.41 bits per heavy atom. The van der Waals surface area contributed by atoms with E-state index in [2.05, 4.69) is 10.3 Å². The second-order valence-electron chi connectivity index (χ2n) is 5.08. The highest BCUT2D eigenvalue weighted by Crippen LogP contribution is 2.20. The van der Waals surface area contributed by atoms with Gasteiger partial charge in [0.05, 0.1) is 0 Å². The number of hydrogen-bond donors (Lipinski definition) is 2. The Labute approximate surface area is 101 Å². The molecule has 0 aliphatic heterocycles. The summed E-state index contributed by atoms with van der Waals surface area (Å²) in [5.74, 6) is 0.695. The molecule has 0 unspecified atom stereocenters. The van der Waals surface area contributed by atoms with Gasteiger partial charge in [0.25, 0.3) is 0 Å². The first-order valence-corrected chi connectivity index (χ1v) is 5.84. The van der Waals surface area contributed by atoms with Crippen LogP contribution in [0.1, 0.15) is 26.2 Å². The van der Waals surface area contributed by atoms with Crippen LogP contribution in [0.15, 0.2) is 22.6 Å². The van der Waals surface area contributed by atoms with Crippen molar-refractivity contribution in [1.82, 2.24) is 4.98 Å². The SMILES string of the molecule is Cc1nc2ccc(NCCC(C)(C)N)cc2o1. The first-order valence-electron chi connectivity index (χ1n) is 5.84. The van der Waals surface area contributed by atoms with Crippen LogP contribution in [0, 0.1) is 6.92 Å². The Morgan fingerprint density at radius 2 is 2.18 bits per heavy atom. The van der Waals surface area contributed by atoms with Gasteiger partial charge >= 0.3 is 0 Å². The fraction of sp³-hybridized carbons (Fsp3) is 0.462. The third-order valence-corrected chi connectivity index (χ3v) is 2.59. The number of anilines is 1. The number of rotatable bonds is 4. The van der Waals surface area contributed by atoms with Gasteiger partial charge in [-0.1, -0.05) is 0 Å². The molecule has 0 atom stereocenters. The number of oxazole rings is 1. The van der Waals surface area contributed by atoms with Crippen LogP contribution < -0.4 is 11.1 Å². The lowest BCUT2D eigenvalue weighted by atomic mass is 10.0. The maximum atomic E-state index is 5.92. The molecule has 0 saturated heterocycles.